The van der Waals surface area contributed by atoms with Crippen molar-refractivity contribution >= 4 is 35.1 Å². The van der Waals surface area contributed by atoms with Crippen LogP contribution in [-0.4, -0.2) is 11.3 Å². The van der Waals surface area contributed by atoms with Crippen LogP contribution in [0.4, 0.5) is 4.39 Å². The molecule has 0 aliphatic rings. The number of halogens is 2. The molecule has 0 aliphatic carbocycles. The van der Waals surface area contributed by atoms with Crippen LogP contribution in [0.15, 0.2) is 23.3 Å². The van der Waals surface area contributed by atoms with Crippen LogP contribution in [0.25, 0.3) is 0 Å². The molecular weight excluding hydrogens is 225 g/mol. The minimum atomic E-state index is -0.414. The highest BCUT2D eigenvalue weighted by molar-refractivity contribution is 7.80. The normalized spacial score (nSPS) is 10.4. The Labute approximate surface area is 90.7 Å². The predicted molar refractivity (Wildman–Crippen MR) is 58.9 cm³/mol. The topological polar surface area (TPSA) is 50.4 Å². The molecule has 0 radical (unpaired) electrons. The Morgan fingerprint density at radius 3 is 3.00 bits per heavy atom. The number of hydrogen-bond acceptors (Lipinski definition) is 2. The summed E-state index contributed by atoms with van der Waals surface area (Å²) in [6, 6.07) is 4.15. The van der Waals surface area contributed by atoms with Gasteiger partial charge in [0, 0.05) is 10.6 Å². The van der Waals surface area contributed by atoms with E-state index in [2.05, 4.69) is 22.7 Å². The number of nitrogens with one attached hydrogen (secondary N) is 1. The molecule has 0 unspecified atom stereocenters. The zero-order valence-electron chi connectivity index (χ0n) is 7.00. The molecule has 0 aliphatic heterocycles. The summed E-state index contributed by atoms with van der Waals surface area (Å²) in [5, 5.41) is 4.05. The van der Waals surface area contributed by atoms with Gasteiger partial charge in [0.2, 0.25) is 0 Å². The minimum absolute atomic E-state index is 0.0173. The Bertz CT molecular complexity index is 381. The van der Waals surface area contributed by atoms with Crippen molar-refractivity contribution in [3.8, 4) is 0 Å². The van der Waals surface area contributed by atoms with E-state index in [4.69, 9.17) is 17.3 Å². The minimum Gasteiger partial charge on any atom is -0.375 e. The fourth-order valence-electron chi connectivity index (χ4n) is 0.779. The van der Waals surface area contributed by atoms with Gasteiger partial charge in [-0.1, -0.05) is 11.6 Å². The molecule has 6 heteroatoms. The van der Waals surface area contributed by atoms with Crippen molar-refractivity contribution in [1.29, 1.82) is 0 Å². The summed E-state index contributed by atoms with van der Waals surface area (Å²) in [5.74, 6) is -0.414. The maximum absolute atomic E-state index is 13.1. The summed E-state index contributed by atoms with van der Waals surface area (Å²) in [6.45, 7) is 0. The van der Waals surface area contributed by atoms with E-state index in [1.165, 1.54) is 24.4 Å². The van der Waals surface area contributed by atoms with Gasteiger partial charge in [0.05, 0.1) is 6.21 Å². The van der Waals surface area contributed by atoms with Crippen molar-refractivity contribution < 1.29 is 4.39 Å². The third-order valence-corrected chi connectivity index (χ3v) is 1.66. The molecule has 1 aromatic rings. The standard InChI is InChI=1S/C8H7ClFN3S/c9-6-1-2-7(10)5(3-6)4-12-13-8(11)14/h1-4H,(H3,11,13,14). The van der Waals surface area contributed by atoms with Gasteiger partial charge in [-0.05, 0) is 30.4 Å². The number of thiocarbonyl (C=S) groups is 1. The summed E-state index contributed by atoms with van der Waals surface area (Å²) >= 11 is 10.2. The molecule has 0 amide bonds. The van der Waals surface area contributed by atoms with E-state index in [-0.39, 0.29) is 10.7 Å². The van der Waals surface area contributed by atoms with Crippen LogP contribution in [0.3, 0.4) is 0 Å². The zero-order valence-corrected chi connectivity index (χ0v) is 8.57. The van der Waals surface area contributed by atoms with E-state index in [1.54, 1.807) is 0 Å². The Morgan fingerprint density at radius 2 is 2.36 bits per heavy atom. The highest BCUT2D eigenvalue weighted by Gasteiger charge is 1.99. The van der Waals surface area contributed by atoms with Crippen molar-refractivity contribution in [2.24, 2.45) is 10.8 Å². The first-order valence-corrected chi connectivity index (χ1v) is 4.42. The Balaban J connectivity index is 2.80. The maximum atomic E-state index is 13.1. The van der Waals surface area contributed by atoms with Gasteiger partial charge in [-0.25, -0.2) is 4.39 Å². The number of nitrogens with two attached hydrogens (primary N) is 1. The maximum Gasteiger partial charge on any atom is 0.184 e. The summed E-state index contributed by atoms with van der Waals surface area (Å²) in [6.07, 6.45) is 1.25. The molecule has 0 heterocycles. The van der Waals surface area contributed by atoms with E-state index in [0.29, 0.717) is 5.02 Å². The lowest BCUT2D eigenvalue weighted by atomic mass is 10.2. The first-order chi connectivity index (χ1) is 6.59. The predicted octanol–water partition coefficient (Wildman–Crippen LogP) is 1.65. The van der Waals surface area contributed by atoms with Gasteiger partial charge in [0.25, 0.3) is 0 Å². The molecule has 3 nitrogen and oxygen atoms in total. The van der Waals surface area contributed by atoms with Gasteiger partial charge in [0.15, 0.2) is 5.11 Å². The lowest BCUT2D eigenvalue weighted by Gasteiger charge is -1.97. The average molecular weight is 232 g/mol. The smallest absolute Gasteiger partial charge is 0.184 e. The van der Waals surface area contributed by atoms with E-state index in [0.717, 1.165) is 0 Å². The van der Waals surface area contributed by atoms with Crippen molar-refractivity contribution in [2.45, 2.75) is 0 Å². The van der Waals surface area contributed by atoms with Crippen LogP contribution >= 0.6 is 23.8 Å². The molecule has 0 fully saturated rings. The second-order valence-corrected chi connectivity index (χ2v) is 3.28. The molecule has 0 saturated heterocycles. The van der Waals surface area contributed by atoms with Crippen LogP contribution < -0.4 is 11.2 Å². The van der Waals surface area contributed by atoms with Gasteiger partial charge in [-0.2, -0.15) is 5.10 Å². The number of benzene rings is 1. The Hall–Kier alpha value is -1.20. The third kappa shape index (κ3) is 3.27. The molecule has 0 aromatic heterocycles. The quantitative estimate of drug-likeness (QED) is 0.462. The Morgan fingerprint density at radius 1 is 1.64 bits per heavy atom. The van der Waals surface area contributed by atoms with Gasteiger partial charge in [-0.3, -0.25) is 5.43 Å². The van der Waals surface area contributed by atoms with Crippen LogP contribution in [0.2, 0.25) is 5.02 Å². The van der Waals surface area contributed by atoms with Crippen molar-refractivity contribution in [3.05, 3.63) is 34.6 Å². The SMILES string of the molecule is NC(=S)NN=Cc1cc(Cl)ccc1F. The van der Waals surface area contributed by atoms with E-state index in [1.807, 2.05) is 0 Å². The van der Waals surface area contributed by atoms with Crippen molar-refractivity contribution in [3.63, 3.8) is 0 Å². The summed E-state index contributed by atoms with van der Waals surface area (Å²) < 4.78 is 13.1. The first-order valence-electron chi connectivity index (χ1n) is 3.63. The van der Waals surface area contributed by atoms with E-state index in [9.17, 15) is 4.39 Å². The second-order valence-electron chi connectivity index (χ2n) is 2.40. The number of hydrogen-bond donors (Lipinski definition) is 2. The van der Waals surface area contributed by atoms with E-state index < -0.39 is 5.82 Å². The highest BCUT2D eigenvalue weighted by atomic mass is 35.5. The monoisotopic (exact) mass is 231 g/mol. The van der Waals surface area contributed by atoms with Crippen molar-refractivity contribution in [2.75, 3.05) is 0 Å². The lowest BCUT2D eigenvalue weighted by Crippen LogP contribution is -2.24. The van der Waals surface area contributed by atoms with Gasteiger partial charge in [0.1, 0.15) is 5.82 Å². The molecule has 14 heavy (non-hydrogen) atoms. The molecule has 0 atom stereocenters. The summed E-state index contributed by atoms with van der Waals surface area (Å²) in [4.78, 5) is 0. The van der Waals surface area contributed by atoms with Gasteiger partial charge >= 0.3 is 0 Å². The number of nitrogens with zero attached hydrogens (tertiary/aromatic N) is 1. The van der Waals surface area contributed by atoms with Crippen LogP contribution in [0.1, 0.15) is 5.56 Å². The first kappa shape index (κ1) is 10.9. The molecule has 1 aromatic carbocycles. The molecule has 0 saturated carbocycles. The summed E-state index contributed by atoms with van der Waals surface area (Å²) in [5.41, 5.74) is 7.69. The number of rotatable bonds is 2. The second kappa shape index (κ2) is 4.88. The highest BCUT2D eigenvalue weighted by Crippen LogP contribution is 2.12. The molecule has 74 valence electrons. The summed E-state index contributed by atoms with van der Waals surface area (Å²) in [7, 11) is 0. The van der Waals surface area contributed by atoms with E-state index >= 15 is 0 Å². The van der Waals surface area contributed by atoms with Crippen LogP contribution in [0, 0.1) is 5.82 Å². The van der Waals surface area contributed by atoms with Crippen molar-refractivity contribution in [1.82, 2.24) is 5.43 Å². The fraction of sp³-hybridized carbons (Fsp3) is 0. The lowest BCUT2D eigenvalue weighted by molar-refractivity contribution is 0.626. The molecule has 1 rings (SSSR count). The van der Waals surface area contributed by atoms with Crippen LogP contribution in [-0.2, 0) is 0 Å². The largest absolute Gasteiger partial charge is 0.375 e. The third-order valence-electron chi connectivity index (χ3n) is 1.34. The van der Waals surface area contributed by atoms with Crippen LogP contribution in [0.5, 0.6) is 0 Å². The Kier molecular flexibility index (Phi) is 3.79. The molecule has 0 bridgehead atoms. The molecule has 0 spiro atoms. The number of hydrazone groups is 1. The van der Waals surface area contributed by atoms with Gasteiger partial charge in [-0.15, -0.1) is 0 Å². The molecule has 3 N–H and O–H groups in total. The zero-order chi connectivity index (χ0) is 10.6. The fourth-order valence-corrected chi connectivity index (χ4v) is 1.01. The van der Waals surface area contributed by atoms with Gasteiger partial charge < -0.3 is 5.73 Å². The molecular formula is C8H7ClFN3S. The average Bonchev–Trinajstić information content (AvgIpc) is 2.10.